The third-order valence-corrected chi connectivity index (χ3v) is 5.46. The third kappa shape index (κ3) is 5.30. The highest BCUT2D eigenvalue weighted by Crippen LogP contribution is 2.22. The summed E-state index contributed by atoms with van der Waals surface area (Å²) in [7, 11) is 0. The molecular weight excluding hydrogens is 384 g/mol. The maximum atomic E-state index is 12.5. The van der Waals surface area contributed by atoms with E-state index in [0.717, 1.165) is 33.7 Å². The average molecular weight is 408 g/mol. The summed E-state index contributed by atoms with van der Waals surface area (Å²) in [6.45, 7) is 12.0. The number of halogens is 1. The number of hydrogen-bond donors (Lipinski definition) is 2. The number of rotatable bonds is 7. The molecule has 0 spiro atoms. The van der Waals surface area contributed by atoms with Crippen molar-refractivity contribution in [2.45, 2.75) is 27.3 Å². The first-order valence-corrected chi connectivity index (χ1v) is 9.56. The fraction of sp³-hybridized carbons (Fsp3) is 0.316. The van der Waals surface area contributed by atoms with Crippen molar-refractivity contribution in [2.24, 2.45) is 0 Å². The molecule has 0 radical (unpaired) electrons. The van der Waals surface area contributed by atoms with E-state index in [2.05, 4.69) is 52.9 Å². The van der Waals surface area contributed by atoms with E-state index in [1.165, 1.54) is 15.3 Å². The van der Waals surface area contributed by atoms with Gasteiger partial charge in [-0.25, -0.2) is 0 Å². The van der Waals surface area contributed by atoms with Gasteiger partial charge in [-0.3, -0.25) is 4.79 Å². The number of carbonyl (C=O) groups is 1. The highest BCUT2D eigenvalue weighted by Gasteiger charge is 2.16. The van der Waals surface area contributed by atoms with Crippen molar-refractivity contribution < 1.29 is 9.69 Å². The molecular formula is C19H24BrN2OS+. The second kappa shape index (κ2) is 8.60. The van der Waals surface area contributed by atoms with E-state index < -0.39 is 0 Å². The lowest BCUT2D eigenvalue weighted by atomic mass is 10.1. The molecule has 3 nitrogen and oxygen atoms in total. The van der Waals surface area contributed by atoms with E-state index >= 15 is 0 Å². The van der Waals surface area contributed by atoms with E-state index in [0.29, 0.717) is 6.54 Å². The number of anilines is 1. The first kappa shape index (κ1) is 18.9. The molecule has 5 heteroatoms. The van der Waals surface area contributed by atoms with E-state index in [1.54, 1.807) is 11.3 Å². The maximum absolute atomic E-state index is 12.5. The SMILES string of the molecule is C=CC[NH+](CC(=O)Nc1c(C)cc(C)cc1C)Cc1ccc(Br)s1. The minimum absolute atomic E-state index is 0.0394. The second-order valence-electron chi connectivity index (χ2n) is 6.12. The average Bonchev–Trinajstić information content (AvgIpc) is 2.88. The molecule has 0 bridgehead atoms. The zero-order valence-electron chi connectivity index (χ0n) is 14.4. The molecule has 2 aromatic rings. The molecule has 2 rings (SSSR count). The lowest BCUT2D eigenvalue weighted by Crippen LogP contribution is -3.11. The monoisotopic (exact) mass is 407 g/mol. The Morgan fingerprint density at radius 1 is 1.29 bits per heavy atom. The van der Waals surface area contributed by atoms with Crippen molar-refractivity contribution in [3.63, 3.8) is 0 Å². The number of aryl methyl sites for hydroxylation is 3. The van der Waals surface area contributed by atoms with Gasteiger partial charge < -0.3 is 10.2 Å². The van der Waals surface area contributed by atoms with Crippen LogP contribution in [0, 0.1) is 20.8 Å². The van der Waals surface area contributed by atoms with Crippen LogP contribution in [0.4, 0.5) is 5.69 Å². The molecule has 1 aromatic heterocycles. The van der Waals surface area contributed by atoms with Crippen LogP contribution in [-0.2, 0) is 11.3 Å². The van der Waals surface area contributed by atoms with Crippen LogP contribution in [-0.4, -0.2) is 19.0 Å². The number of nitrogens with one attached hydrogen (secondary N) is 2. The maximum Gasteiger partial charge on any atom is 0.279 e. The van der Waals surface area contributed by atoms with Crippen LogP contribution in [0.3, 0.4) is 0 Å². The first-order chi connectivity index (χ1) is 11.4. The van der Waals surface area contributed by atoms with Gasteiger partial charge in [-0.2, -0.15) is 0 Å². The fourth-order valence-corrected chi connectivity index (χ4v) is 4.45. The van der Waals surface area contributed by atoms with Gasteiger partial charge in [-0.05, 0) is 66.0 Å². The summed E-state index contributed by atoms with van der Waals surface area (Å²) in [5.41, 5.74) is 4.36. The standard InChI is InChI=1S/C19H23BrN2OS/c1-5-8-22(11-16-6-7-17(20)24-16)12-18(23)21-19-14(3)9-13(2)10-15(19)4/h5-7,9-10H,1,8,11-12H2,2-4H3,(H,21,23)/p+1. The summed E-state index contributed by atoms with van der Waals surface area (Å²) in [6.07, 6.45) is 1.87. The minimum atomic E-state index is 0.0394. The lowest BCUT2D eigenvalue weighted by molar-refractivity contribution is -0.899. The summed E-state index contributed by atoms with van der Waals surface area (Å²) in [5.74, 6) is 0.0394. The largest absolute Gasteiger partial charge is 0.321 e. The number of hydrogen-bond acceptors (Lipinski definition) is 2. The zero-order valence-corrected chi connectivity index (χ0v) is 16.8. The van der Waals surface area contributed by atoms with Gasteiger partial charge in [0.15, 0.2) is 6.54 Å². The molecule has 0 saturated carbocycles. The molecule has 1 aromatic carbocycles. The van der Waals surface area contributed by atoms with Gasteiger partial charge in [0.05, 0.1) is 15.2 Å². The van der Waals surface area contributed by atoms with Gasteiger partial charge in [0, 0.05) is 5.69 Å². The van der Waals surface area contributed by atoms with Gasteiger partial charge in [-0.1, -0.05) is 24.3 Å². The lowest BCUT2D eigenvalue weighted by Gasteiger charge is -2.18. The van der Waals surface area contributed by atoms with Crippen molar-refractivity contribution in [2.75, 3.05) is 18.4 Å². The number of thiophene rings is 1. The molecule has 0 fully saturated rings. The number of benzene rings is 1. The third-order valence-electron chi connectivity index (χ3n) is 3.84. The van der Waals surface area contributed by atoms with Gasteiger partial charge in [0.1, 0.15) is 6.54 Å². The van der Waals surface area contributed by atoms with Crippen molar-refractivity contribution in [3.8, 4) is 0 Å². The Morgan fingerprint density at radius 3 is 2.50 bits per heavy atom. The summed E-state index contributed by atoms with van der Waals surface area (Å²) in [5, 5.41) is 3.09. The Bertz CT molecular complexity index is 716. The summed E-state index contributed by atoms with van der Waals surface area (Å²) in [6, 6.07) is 8.34. The molecule has 1 heterocycles. The van der Waals surface area contributed by atoms with Gasteiger partial charge in [-0.15, -0.1) is 11.3 Å². The van der Waals surface area contributed by atoms with Crippen LogP contribution in [0.15, 0.2) is 40.7 Å². The van der Waals surface area contributed by atoms with Crippen LogP contribution in [0.1, 0.15) is 21.6 Å². The molecule has 24 heavy (non-hydrogen) atoms. The molecule has 1 atom stereocenters. The molecule has 0 saturated heterocycles. The van der Waals surface area contributed by atoms with Crippen LogP contribution >= 0.6 is 27.3 Å². The Labute approximate surface area is 156 Å². The second-order valence-corrected chi connectivity index (χ2v) is 8.67. The predicted octanol–water partition coefficient (Wildman–Crippen LogP) is 3.65. The normalized spacial score (nSPS) is 12.0. The topological polar surface area (TPSA) is 33.5 Å². The van der Waals surface area contributed by atoms with Gasteiger partial charge in [0.2, 0.25) is 0 Å². The number of quaternary nitrogens is 1. The molecule has 128 valence electrons. The van der Waals surface area contributed by atoms with E-state index in [-0.39, 0.29) is 5.91 Å². The Balaban J connectivity index is 2.04. The molecule has 2 N–H and O–H groups in total. The van der Waals surface area contributed by atoms with Crippen molar-refractivity contribution in [3.05, 3.63) is 62.3 Å². The Hall–Kier alpha value is -1.43. The summed E-state index contributed by atoms with van der Waals surface area (Å²) in [4.78, 5) is 14.9. The Kier molecular flexibility index (Phi) is 6.78. The van der Waals surface area contributed by atoms with Crippen LogP contribution in [0.2, 0.25) is 0 Å². The molecule has 0 aliphatic rings. The number of carbonyl (C=O) groups excluding carboxylic acids is 1. The van der Waals surface area contributed by atoms with Gasteiger partial charge >= 0.3 is 0 Å². The summed E-state index contributed by atoms with van der Waals surface area (Å²) >= 11 is 5.20. The smallest absolute Gasteiger partial charge is 0.279 e. The highest BCUT2D eigenvalue weighted by atomic mass is 79.9. The number of amides is 1. The van der Waals surface area contributed by atoms with Crippen LogP contribution < -0.4 is 10.2 Å². The van der Waals surface area contributed by atoms with Crippen molar-refractivity contribution in [1.82, 2.24) is 0 Å². The molecule has 0 aliphatic heterocycles. The fourth-order valence-electron chi connectivity index (χ4n) is 2.89. The first-order valence-electron chi connectivity index (χ1n) is 7.95. The van der Waals surface area contributed by atoms with E-state index in [1.807, 2.05) is 26.0 Å². The van der Waals surface area contributed by atoms with E-state index in [9.17, 15) is 4.79 Å². The molecule has 0 aliphatic carbocycles. The molecule has 1 amide bonds. The van der Waals surface area contributed by atoms with Crippen molar-refractivity contribution in [1.29, 1.82) is 0 Å². The molecule has 1 unspecified atom stereocenters. The predicted molar refractivity (Wildman–Crippen MR) is 106 cm³/mol. The van der Waals surface area contributed by atoms with Crippen LogP contribution in [0.5, 0.6) is 0 Å². The summed E-state index contributed by atoms with van der Waals surface area (Å²) < 4.78 is 1.12. The van der Waals surface area contributed by atoms with Gasteiger partial charge in [0.25, 0.3) is 5.91 Å². The van der Waals surface area contributed by atoms with E-state index in [4.69, 9.17) is 0 Å². The highest BCUT2D eigenvalue weighted by molar-refractivity contribution is 9.11. The Morgan fingerprint density at radius 2 is 1.96 bits per heavy atom. The van der Waals surface area contributed by atoms with Crippen molar-refractivity contribution >= 4 is 38.9 Å². The quantitative estimate of drug-likeness (QED) is 0.674. The minimum Gasteiger partial charge on any atom is -0.321 e. The van der Waals surface area contributed by atoms with Crippen LogP contribution in [0.25, 0.3) is 0 Å². The zero-order chi connectivity index (χ0) is 17.7.